The van der Waals surface area contributed by atoms with E-state index in [1.54, 1.807) is 17.0 Å². The standard InChI is InChI=1S/C14H17BrN2O3/c1-3-4-17-13(19)16-11-7-14(17,2)20-12-9(11)5-8(18)6-10(12)15/h5-6,11,18H,3-4,7H2,1-2H3,(H,16,19). The van der Waals surface area contributed by atoms with Crippen LogP contribution in [-0.2, 0) is 0 Å². The second-order valence-corrected chi connectivity index (χ2v) is 6.34. The monoisotopic (exact) mass is 340 g/mol. The number of carbonyl (C=O) groups excluding carboxylic acids is 1. The van der Waals surface area contributed by atoms with Crippen LogP contribution < -0.4 is 10.1 Å². The average molecular weight is 341 g/mol. The summed E-state index contributed by atoms with van der Waals surface area (Å²) in [5.41, 5.74) is 0.175. The maximum atomic E-state index is 12.2. The fourth-order valence-electron chi connectivity index (χ4n) is 3.01. The summed E-state index contributed by atoms with van der Waals surface area (Å²) in [7, 11) is 0. The molecule has 2 aliphatic rings. The molecule has 2 N–H and O–H groups in total. The van der Waals surface area contributed by atoms with Gasteiger partial charge in [-0.25, -0.2) is 4.79 Å². The van der Waals surface area contributed by atoms with Gasteiger partial charge in [0.1, 0.15) is 11.5 Å². The lowest BCUT2D eigenvalue weighted by molar-refractivity contribution is -0.0842. The molecule has 3 rings (SSSR count). The number of benzene rings is 1. The molecule has 2 atom stereocenters. The van der Waals surface area contributed by atoms with Gasteiger partial charge in [-0.05, 0) is 41.4 Å². The van der Waals surface area contributed by atoms with E-state index in [0.717, 1.165) is 12.0 Å². The van der Waals surface area contributed by atoms with E-state index in [9.17, 15) is 9.90 Å². The number of urea groups is 1. The molecule has 1 fully saturated rings. The summed E-state index contributed by atoms with van der Waals surface area (Å²) in [5, 5.41) is 12.7. The first-order valence-corrected chi connectivity index (χ1v) is 7.53. The highest BCUT2D eigenvalue weighted by molar-refractivity contribution is 9.10. The number of aromatic hydroxyl groups is 1. The first kappa shape index (κ1) is 13.5. The fraction of sp³-hybridized carbons (Fsp3) is 0.500. The van der Waals surface area contributed by atoms with Crippen molar-refractivity contribution in [2.75, 3.05) is 6.54 Å². The summed E-state index contributed by atoms with van der Waals surface area (Å²) in [6.07, 6.45) is 1.54. The maximum absolute atomic E-state index is 12.2. The van der Waals surface area contributed by atoms with E-state index in [4.69, 9.17) is 4.74 Å². The highest BCUT2D eigenvalue weighted by Gasteiger charge is 2.49. The molecule has 2 heterocycles. The molecule has 20 heavy (non-hydrogen) atoms. The van der Waals surface area contributed by atoms with Crippen molar-refractivity contribution in [2.24, 2.45) is 0 Å². The third kappa shape index (κ3) is 1.93. The van der Waals surface area contributed by atoms with Crippen molar-refractivity contribution in [3.05, 3.63) is 22.2 Å². The number of nitrogens with zero attached hydrogens (tertiary/aromatic N) is 1. The number of rotatable bonds is 2. The van der Waals surface area contributed by atoms with Crippen molar-refractivity contribution < 1.29 is 14.6 Å². The molecule has 1 aromatic carbocycles. The smallest absolute Gasteiger partial charge is 0.320 e. The number of hydrogen-bond acceptors (Lipinski definition) is 3. The average Bonchev–Trinajstić information content (AvgIpc) is 2.36. The van der Waals surface area contributed by atoms with E-state index in [0.29, 0.717) is 23.2 Å². The Kier molecular flexibility index (Phi) is 3.08. The molecule has 0 aliphatic carbocycles. The van der Waals surface area contributed by atoms with Gasteiger partial charge >= 0.3 is 6.03 Å². The van der Waals surface area contributed by atoms with Gasteiger partial charge in [-0.3, -0.25) is 4.90 Å². The van der Waals surface area contributed by atoms with E-state index in [2.05, 4.69) is 21.2 Å². The lowest BCUT2D eigenvalue weighted by Gasteiger charge is -2.51. The van der Waals surface area contributed by atoms with Crippen LogP contribution in [0.25, 0.3) is 0 Å². The van der Waals surface area contributed by atoms with Crippen LogP contribution in [0.15, 0.2) is 16.6 Å². The van der Waals surface area contributed by atoms with E-state index in [-0.39, 0.29) is 17.8 Å². The topological polar surface area (TPSA) is 61.8 Å². The highest BCUT2D eigenvalue weighted by Crippen LogP contribution is 2.48. The largest absolute Gasteiger partial charge is 0.508 e. The van der Waals surface area contributed by atoms with E-state index >= 15 is 0 Å². The van der Waals surface area contributed by atoms with E-state index < -0.39 is 5.72 Å². The van der Waals surface area contributed by atoms with Gasteiger partial charge in [-0.2, -0.15) is 0 Å². The number of carbonyl (C=O) groups is 1. The molecule has 108 valence electrons. The SMILES string of the molecule is CCCN1C(=O)NC2CC1(C)Oc1c(Br)cc(O)cc12. The Morgan fingerprint density at radius 3 is 3.05 bits per heavy atom. The molecule has 2 unspecified atom stereocenters. The summed E-state index contributed by atoms with van der Waals surface area (Å²) in [4.78, 5) is 14.0. The van der Waals surface area contributed by atoms with Crippen molar-refractivity contribution in [1.82, 2.24) is 10.2 Å². The first-order valence-electron chi connectivity index (χ1n) is 6.74. The maximum Gasteiger partial charge on any atom is 0.320 e. The van der Waals surface area contributed by atoms with Gasteiger partial charge in [-0.15, -0.1) is 0 Å². The molecular weight excluding hydrogens is 324 g/mol. The number of phenolic OH excluding ortho intramolecular Hbond substituents is 1. The van der Waals surface area contributed by atoms with Crippen LogP contribution >= 0.6 is 15.9 Å². The number of amides is 2. The molecule has 0 spiro atoms. The van der Waals surface area contributed by atoms with Crippen molar-refractivity contribution in [3.8, 4) is 11.5 Å². The number of hydrogen-bond donors (Lipinski definition) is 2. The number of nitrogens with one attached hydrogen (secondary N) is 1. The normalized spacial score (nSPS) is 27.6. The lowest BCUT2D eigenvalue weighted by atomic mass is 9.90. The zero-order chi connectivity index (χ0) is 14.5. The van der Waals surface area contributed by atoms with Gasteiger partial charge in [-0.1, -0.05) is 6.92 Å². The van der Waals surface area contributed by atoms with Gasteiger partial charge in [0.05, 0.1) is 10.5 Å². The molecule has 6 heteroatoms. The molecule has 0 aromatic heterocycles. The van der Waals surface area contributed by atoms with Crippen molar-refractivity contribution in [2.45, 2.75) is 38.5 Å². The fourth-order valence-corrected chi connectivity index (χ4v) is 3.56. The third-order valence-electron chi connectivity index (χ3n) is 3.90. The van der Waals surface area contributed by atoms with Crippen LogP contribution in [-0.4, -0.2) is 28.3 Å². The lowest BCUT2D eigenvalue weighted by Crippen LogP contribution is -2.64. The molecule has 1 aromatic rings. The predicted molar refractivity (Wildman–Crippen MR) is 77.7 cm³/mol. The molecule has 1 saturated heterocycles. The number of ether oxygens (including phenoxy) is 1. The summed E-state index contributed by atoms with van der Waals surface area (Å²) in [5.74, 6) is 0.857. The molecule has 2 amide bonds. The third-order valence-corrected chi connectivity index (χ3v) is 4.49. The first-order chi connectivity index (χ1) is 9.44. The minimum Gasteiger partial charge on any atom is -0.508 e. The quantitative estimate of drug-likeness (QED) is 0.869. The zero-order valence-electron chi connectivity index (χ0n) is 11.4. The van der Waals surface area contributed by atoms with Gasteiger partial charge in [0.2, 0.25) is 0 Å². The van der Waals surface area contributed by atoms with Crippen LogP contribution in [0.4, 0.5) is 4.79 Å². The highest BCUT2D eigenvalue weighted by atomic mass is 79.9. The molecule has 2 aliphatic heterocycles. The Balaban J connectivity index is 2.08. The second kappa shape index (κ2) is 4.55. The Morgan fingerprint density at radius 2 is 2.35 bits per heavy atom. The predicted octanol–water partition coefficient (Wildman–Crippen LogP) is 3.13. The zero-order valence-corrected chi connectivity index (χ0v) is 13.0. The molecular formula is C14H17BrN2O3. The molecule has 0 saturated carbocycles. The molecule has 0 radical (unpaired) electrons. The van der Waals surface area contributed by atoms with Crippen LogP contribution in [0.3, 0.4) is 0 Å². The minimum absolute atomic E-state index is 0.115. The van der Waals surface area contributed by atoms with Gasteiger partial charge < -0.3 is 15.2 Å². The number of phenols is 1. The van der Waals surface area contributed by atoms with E-state index in [1.165, 1.54) is 0 Å². The summed E-state index contributed by atoms with van der Waals surface area (Å²) < 4.78 is 6.82. The summed E-state index contributed by atoms with van der Waals surface area (Å²) >= 11 is 3.42. The molecule has 2 bridgehead atoms. The van der Waals surface area contributed by atoms with Crippen LogP contribution in [0.1, 0.15) is 38.3 Å². The Hall–Kier alpha value is -1.43. The van der Waals surface area contributed by atoms with Crippen LogP contribution in [0.5, 0.6) is 11.5 Å². The van der Waals surface area contributed by atoms with Gasteiger partial charge in [0, 0.05) is 18.5 Å². The van der Waals surface area contributed by atoms with Crippen LogP contribution in [0, 0.1) is 0 Å². The van der Waals surface area contributed by atoms with Crippen LogP contribution in [0.2, 0.25) is 0 Å². The Morgan fingerprint density at radius 1 is 1.60 bits per heavy atom. The number of fused-ring (bicyclic) bond motifs is 4. The Labute approximate surface area is 126 Å². The van der Waals surface area contributed by atoms with Gasteiger partial charge in [0.25, 0.3) is 0 Å². The second-order valence-electron chi connectivity index (χ2n) is 5.48. The Bertz CT molecular complexity index is 578. The van der Waals surface area contributed by atoms with E-state index in [1.807, 2.05) is 13.8 Å². The van der Waals surface area contributed by atoms with Crippen molar-refractivity contribution in [3.63, 3.8) is 0 Å². The van der Waals surface area contributed by atoms with Gasteiger partial charge in [0.15, 0.2) is 5.72 Å². The molecule has 5 nitrogen and oxygen atoms in total. The number of halogens is 1. The van der Waals surface area contributed by atoms with Crippen molar-refractivity contribution in [1.29, 1.82) is 0 Å². The minimum atomic E-state index is -0.643. The summed E-state index contributed by atoms with van der Waals surface area (Å²) in [6, 6.07) is 3.01. The summed E-state index contributed by atoms with van der Waals surface area (Å²) in [6.45, 7) is 4.63. The van der Waals surface area contributed by atoms with Crippen molar-refractivity contribution >= 4 is 22.0 Å².